The third-order valence-electron chi connectivity index (χ3n) is 7.17. The molecule has 2 aliphatic heterocycles. The predicted molar refractivity (Wildman–Crippen MR) is 120 cm³/mol. The van der Waals surface area contributed by atoms with Gasteiger partial charge in [-0.2, -0.15) is 0 Å². The molecule has 5 nitrogen and oxygen atoms in total. The minimum Gasteiger partial charge on any atom is -0.760 e. The van der Waals surface area contributed by atoms with Crippen molar-refractivity contribution in [3.63, 3.8) is 0 Å². The smallest absolute Gasteiger partial charge is 0.0369 e. The molecule has 0 amide bonds. The van der Waals surface area contributed by atoms with Crippen molar-refractivity contribution in [1.82, 2.24) is 9.62 Å². The van der Waals surface area contributed by atoms with Crippen LogP contribution in [0, 0.1) is 5.92 Å². The second-order valence-corrected chi connectivity index (χ2v) is 9.79. The number of anilines is 1. The van der Waals surface area contributed by atoms with Gasteiger partial charge in [0.15, 0.2) is 0 Å². The molecular weight excluding hydrogens is 394 g/mol. The van der Waals surface area contributed by atoms with Gasteiger partial charge < -0.3 is 9.45 Å². The normalized spacial score (nSPS) is 25.3. The summed E-state index contributed by atoms with van der Waals surface area (Å²) in [5.74, 6) is 0.936. The average Bonchev–Trinajstić information content (AvgIpc) is 2.67. The highest BCUT2D eigenvalue weighted by Crippen LogP contribution is 2.41. The first-order valence-electron chi connectivity index (χ1n) is 11.2. The summed E-state index contributed by atoms with van der Waals surface area (Å²) in [5.41, 5.74) is 5.75. The highest BCUT2D eigenvalue weighted by atomic mass is 32.2. The van der Waals surface area contributed by atoms with Gasteiger partial charge in [-0.25, -0.2) is 4.72 Å². The van der Waals surface area contributed by atoms with E-state index in [1.54, 1.807) is 0 Å². The van der Waals surface area contributed by atoms with Crippen molar-refractivity contribution in [2.75, 3.05) is 37.6 Å². The van der Waals surface area contributed by atoms with Gasteiger partial charge in [-0.3, -0.25) is 9.11 Å². The molecule has 6 heteroatoms. The van der Waals surface area contributed by atoms with Gasteiger partial charge in [0.1, 0.15) is 0 Å². The number of hydrogen-bond acceptors (Lipinski definition) is 4. The van der Waals surface area contributed by atoms with E-state index in [1.165, 1.54) is 54.7 Å². The van der Waals surface area contributed by atoms with Gasteiger partial charge >= 0.3 is 0 Å². The van der Waals surface area contributed by atoms with Gasteiger partial charge in [0.25, 0.3) is 0 Å². The first-order chi connectivity index (χ1) is 14.7. The first-order valence-corrected chi connectivity index (χ1v) is 12.2. The Labute approximate surface area is 181 Å². The summed E-state index contributed by atoms with van der Waals surface area (Å²) in [6.45, 7) is 4.86. The van der Waals surface area contributed by atoms with Crippen LogP contribution in [-0.4, -0.2) is 52.4 Å². The molecule has 0 spiro atoms. The summed E-state index contributed by atoms with van der Waals surface area (Å²) in [4.78, 5) is 5.07. The number of fused-ring (bicyclic) bond motifs is 1. The number of nitrogens with zero attached hydrogens (tertiary/aromatic N) is 2. The highest BCUT2D eigenvalue weighted by molar-refractivity contribution is 7.77. The molecule has 2 aromatic carbocycles. The van der Waals surface area contributed by atoms with Crippen LogP contribution in [0.5, 0.6) is 0 Å². The van der Waals surface area contributed by atoms with Crippen LogP contribution < -0.4 is 9.62 Å². The maximum absolute atomic E-state index is 10.7. The third-order valence-corrected chi connectivity index (χ3v) is 7.58. The van der Waals surface area contributed by atoms with E-state index in [0.29, 0.717) is 24.4 Å². The molecule has 0 radical (unpaired) electrons. The van der Waals surface area contributed by atoms with E-state index in [-0.39, 0.29) is 0 Å². The lowest BCUT2D eigenvalue weighted by molar-refractivity contribution is 0.0877. The Morgan fingerprint density at radius 1 is 1.10 bits per heavy atom. The number of rotatable bonds is 7. The van der Waals surface area contributed by atoms with Crippen molar-refractivity contribution < 1.29 is 8.76 Å². The molecule has 2 heterocycles. The lowest BCUT2D eigenvalue weighted by Crippen LogP contribution is -2.51. The molecule has 2 fully saturated rings. The summed E-state index contributed by atoms with van der Waals surface area (Å²) in [6.07, 6.45) is 4.86. The topological polar surface area (TPSA) is 58.6 Å². The Kier molecular flexibility index (Phi) is 5.92. The van der Waals surface area contributed by atoms with Crippen molar-refractivity contribution in [1.29, 1.82) is 0 Å². The Hall–Kier alpha value is -1.73. The van der Waals surface area contributed by atoms with E-state index in [0.717, 1.165) is 19.5 Å². The minimum absolute atomic E-state index is 0.396. The van der Waals surface area contributed by atoms with Crippen molar-refractivity contribution in [3.05, 3.63) is 65.2 Å². The molecule has 1 N–H and O–H groups in total. The molecule has 0 saturated carbocycles. The molecule has 1 aliphatic carbocycles. The molecule has 2 aromatic rings. The molecule has 3 aliphatic rings. The van der Waals surface area contributed by atoms with Crippen LogP contribution >= 0.6 is 0 Å². The second-order valence-electron chi connectivity index (χ2n) is 9.03. The van der Waals surface area contributed by atoms with Crippen LogP contribution in [0.3, 0.4) is 0 Å². The van der Waals surface area contributed by atoms with Gasteiger partial charge in [0.05, 0.1) is 0 Å². The van der Waals surface area contributed by atoms with E-state index >= 15 is 0 Å². The van der Waals surface area contributed by atoms with Crippen molar-refractivity contribution in [3.8, 4) is 0 Å². The minimum atomic E-state index is -2.16. The van der Waals surface area contributed by atoms with Gasteiger partial charge in [-0.1, -0.05) is 36.4 Å². The monoisotopic (exact) mass is 424 g/mol. The lowest BCUT2D eigenvalue weighted by atomic mass is 9.74. The fraction of sp³-hybridized carbons (Fsp3) is 0.500. The molecule has 1 unspecified atom stereocenters. The maximum Gasteiger partial charge on any atom is 0.0369 e. The number of benzene rings is 2. The molecule has 0 bridgehead atoms. The van der Waals surface area contributed by atoms with Gasteiger partial charge in [0, 0.05) is 54.5 Å². The number of likely N-dealkylation sites (tertiary alicyclic amines) is 1. The number of hydrogen-bond donors (Lipinski definition) is 1. The molecule has 30 heavy (non-hydrogen) atoms. The largest absolute Gasteiger partial charge is 0.760 e. The quantitative estimate of drug-likeness (QED) is 0.695. The van der Waals surface area contributed by atoms with E-state index in [2.05, 4.69) is 63.1 Å². The molecule has 160 valence electrons. The molecule has 2 saturated heterocycles. The van der Waals surface area contributed by atoms with Crippen LogP contribution in [0.4, 0.5) is 5.69 Å². The summed E-state index contributed by atoms with van der Waals surface area (Å²) >= 11 is -2.16. The molecule has 5 rings (SSSR count). The van der Waals surface area contributed by atoms with Crippen LogP contribution in [0.15, 0.2) is 48.5 Å². The summed E-state index contributed by atoms with van der Waals surface area (Å²) in [7, 11) is 0. The fourth-order valence-corrected chi connectivity index (χ4v) is 5.75. The van der Waals surface area contributed by atoms with E-state index in [9.17, 15) is 8.76 Å². The zero-order valence-corrected chi connectivity index (χ0v) is 18.2. The van der Waals surface area contributed by atoms with E-state index < -0.39 is 11.3 Å². The summed E-state index contributed by atoms with van der Waals surface area (Å²) < 4.78 is 24.0. The SMILES string of the molecule is O=S([O-])NCC1CN(c2ccc3c(c2)[C@@H](Cc2ccccc2)[C@@H](N2CCC2)CC3)C1. The van der Waals surface area contributed by atoms with Crippen LogP contribution in [0.25, 0.3) is 0 Å². The fourth-order valence-electron chi connectivity index (χ4n) is 5.38. The first kappa shape index (κ1) is 20.2. The lowest BCUT2D eigenvalue weighted by Gasteiger charge is -2.46. The van der Waals surface area contributed by atoms with Crippen LogP contribution in [0.1, 0.15) is 35.4 Å². The predicted octanol–water partition coefficient (Wildman–Crippen LogP) is 2.85. The zero-order chi connectivity index (χ0) is 20.5. The van der Waals surface area contributed by atoms with E-state index in [4.69, 9.17) is 0 Å². The van der Waals surface area contributed by atoms with Gasteiger partial charge in [-0.05, 0) is 67.6 Å². The van der Waals surface area contributed by atoms with Crippen molar-refractivity contribution in [2.45, 2.75) is 37.6 Å². The highest BCUT2D eigenvalue weighted by Gasteiger charge is 2.36. The van der Waals surface area contributed by atoms with E-state index in [1.807, 2.05) is 0 Å². The van der Waals surface area contributed by atoms with Crippen molar-refractivity contribution >= 4 is 17.0 Å². The maximum atomic E-state index is 10.7. The molecule has 3 atom stereocenters. The average molecular weight is 425 g/mol. The Morgan fingerprint density at radius 3 is 2.60 bits per heavy atom. The summed E-state index contributed by atoms with van der Waals surface area (Å²) in [5, 5.41) is 0. The Bertz CT molecular complexity index is 897. The standard InChI is InChI=1S/C24H31N3O2S/c28-30(29)25-15-19-16-27(17-19)21-9-7-20-8-10-24(26-11-4-12-26)23(22(20)14-21)13-18-5-2-1-3-6-18/h1-3,5-7,9,14,19,23-25H,4,8,10-13,15-17H2,(H,28,29)/p-1/t23-,24+/m1/s1. The van der Waals surface area contributed by atoms with Crippen molar-refractivity contribution in [2.24, 2.45) is 5.92 Å². The second kappa shape index (κ2) is 8.79. The third kappa shape index (κ3) is 4.19. The Balaban J connectivity index is 1.36. The number of aryl methyl sites for hydroxylation is 1. The van der Waals surface area contributed by atoms with Gasteiger partial charge in [0.2, 0.25) is 0 Å². The number of nitrogens with one attached hydrogen (secondary N) is 1. The zero-order valence-electron chi connectivity index (χ0n) is 17.3. The van der Waals surface area contributed by atoms with Gasteiger partial charge in [-0.15, -0.1) is 0 Å². The molecule has 0 aromatic heterocycles. The molecular formula is C24H30N3O2S-. The van der Waals surface area contributed by atoms with Crippen LogP contribution in [0.2, 0.25) is 0 Å². The summed E-state index contributed by atoms with van der Waals surface area (Å²) in [6, 6.07) is 18.6. The Morgan fingerprint density at radius 2 is 1.90 bits per heavy atom. The van der Waals surface area contributed by atoms with Crippen LogP contribution in [-0.2, 0) is 24.1 Å².